The molecule has 24 heavy (non-hydrogen) atoms. The largest absolute Gasteiger partial charge is 0.361 e. The number of aromatic nitrogens is 4. The molecule has 5 nitrogen and oxygen atoms in total. The van der Waals surface area contributed by atoms with Crippen LogP contribution in [0.15, 0.2) is 36.5 Å². The molecule has 0 aliphatic heterocycles. The Bertz CT molecular complexity index is 824. The zero-order chi connectivity index (χ0) is 17.3. The maximum absolute atomic E-state index is 13.1. The van der Waals surface area contributed by atoms with E-state index >= 15 is 0 Å². The van der Waals surface area contributed by atoms with E-state index < -0.39 is 0 Å². The van der Waals surface area contributed by atoms with Crippen molar-refractivity contribution in [2.45, 2.75) is 32.7 Å². The zero-order valence-corrected chi connectivity index (χ0v) is 14.4. The van der Waals surface area contributed by atoms with Crippen LogP contribution < -0.4 is 5.32 Å². The van der Waals surface area contributed by atoms with Gasteiger partial charge in [0.1, 0.15) is 17.5 Å². The van der Waals surface area contributed by atoms with Crippen molar-refractivity contribution >= 4 is 5.82 Å². The lowest BCUT2D eigenvalue weighted by molar-refractivity contribution is 0.571. The maximum Gasteiger partial charge on any atom is 0.149 e. The number of nitrogens with one attached hydrogen (secondary N) is 2. The van der Waals surface area contributed by atoms with Crippen molar-refractivity contribution in [2.75, 3.05) is 5.32 Å². The first-order valence-corrected chi connectivity index (χ1v) is 7.91. The van der Waals surface area contributed by atoms with E-state index in [1.165, 1.54) is 12.1 Å². The molecular formula is C18H22FN5. The summed E-state index contributed by atoms with van der Waals surface area (Å²) in [6.45, 7) is 7.00. The van der Waals surface area contributed by atoms with Gasteiger partial charge in [-0.25, -0.2) is 9.37 Å². The third-order valence-corrected chi connectivity index (χ3v) is 3.89. The quantitative estimate of drug-likeness (QED) is 0.765. The molecule has 0 aliphatic rings. The Balaban J connectivity index is 1.71. The zero-order valence-electron chi connectivity index (χ0n) is 14.4. The van der Waals surface area contributed by atoms with Crippen LogP contribution in [0.4, 0.5) is 10.2 Å². The van der Waals surface area contributed by atoms with Crippen LogP contribution in [-0.2, 0) is 19.0 Å². The third kappa shape index (κ3) is 3.48. The molecule has 1 aromatic carbocycles. The van der Waals surface area contributed by atoms with E-state index in [2.05, 4.69) is 41.2 Å². The van der Waals surface area contributed by atoms with E-state index in [9.17, 15) is 4.39 Å². The molecule has 0 unspecified atom stereocenters. The van der Waals surface area contributed by atoms with Crippen molar-refractivity contribution in [3.63, 3.8) is 0 Å². The number of H-pyrrole nitrogens is 1. The SMILES string of the molecule is Cn1nc(NCc2ncc(C(C)(C)C)[nH]2)cc1-c1ccc(F)cc1. The van der Waals surface area contributed by atoms with E-state index in [1.807, 2.05) is 19.3 Å². The van der Waals surface area contributed by atoms with E-state index in [0.29, 0.717) is 6.54 Å². The number of hydrogen-bond donors (Lipinski definition) is 2. The van der Waals surface area contributed by atoms with Gasteiger partial charge in [-0.2, -0.15) is 5.10 Å². The van der Waals surface area contributed by atoms with Crippen molar-refractivity contribution in [3.05, 3.63) is 53.9 Å². The van der Waals surface area contributed by atoms with Gasteiger partial charge in [0.15, 0.2) is 0 Å². The van der Waals surface area contributed by atoms with Crippen molar-refractivity contribution in [1.82, 2.24) is 19.7 Å². The number of nitrogens with zero attached hydrogens (tertiary/aromatic N) is 3. The van der Waals surface area contributed by atoms with Crippen LogP contribution in [0.25, 0.3) is 11.3 Å². The highest BCUT2D eigenvalue weighted by Crippen LogP contribution is 2.23. The Kier molecular flexibility index (Phi) is 4.13. The van der Waals surface area contributed by atoms with Gasteiger partial charge in [0.05, 0.1) is 12.2 Å². The van der Waals surface area contributed by atoms with Crippen LogP contribution in [0.2, 0.25) is 0 Å². The Morgan fingerprint density at radius 3 is 2.54 bits per heavy atom. The second kappa shape index (κ2) is 6.11. The van der Waals surface area contributed by atoms with Gasteiger partial charge in [-0.1, -0.05) is 20.8 Å². The van der Waals surface area contributed by atoms with Crippen LogP contribution in [0.3, 0.4) is 0 Å². The lowest BCUT2D eigenvalue weighted by Gasteiger charge is -2.15. The summed E-state index contributed by atoms with van der Waals surface area (Å²) in [4.78, 5) is 7.73. The van der Waals surface area contributed by atoms with Crippen molar-refractivity contribution in [1.29, 1.82) is 0 Å². The molecule has 0 saturated heterocycles. The number of hydrogen-bond acceptors (Lipinski definition) is 3. The fourth-order valence-electron chi connectivity index (χ4n) is 2.45. The third-order valence-electron chi connectivity index (χ3n) is 3.89. The Hall–Kier alpha value is -2.63. The van der Waals surface area contributed by atoms with Crippen molar-refractivity contribution in [3.8, 4) is 11.3 Å². The predicted molar refractivity (Wildman–Crippen MR) is 93.2 cm³/mol. The van der Waals surface area contributed by atoms with Gasteiger partial charge < -0.3 is 10.3 Å². The number of rotatable bonds is 4. The molecule has 0 bridgehead atoms. The summed E-state index contributed by atoms with van der Waals surface area (Å²) in [6.07, 6.45) is 1.87. The number of aromatic amines is 1. The fourth-order valence-corrected chi connectivity index (χ4v) is 2.45. The summed E-state index contributed by atoms with van der Waals surface area (Å²) >= 11 is 0. The average Bonchev–Trinajstić information content (AvgIpc) is 3.12. The van der Waals surface area contributed by atoms with Crippen LogP contribution in [-0.4, -0.2) is 19.7 Å². The van der Waals surface area contributed by atoms with Crippen LogP contribution in [0.5, 0.6) is 0 Å². The van der Waals surface area contributed by atoms with Crippen LogP contribution in [0, 0.1) is 5.82 Å². The first kappa shape index (κ1) is 16.2. The molecule has 3 aromatic rings. The molecule has 0 atom stereocenters. The molecule has 6 heteroatoms. The first-order chi connectivity index (χ1) is 11.3. The fraction of sp³-hybridized carbons (Fsp3) is 0.333. The van der Waals surface area contributed by atoms with Gasteiger partial charge in [-0.05, 0) is 24.3 Å². The minimum Gasteiger partial charge on any atom is -0.361 e. The van der Waals surface area contributed by atoms with E-state index in [1.54, 1.807) is 16.8 Å². The summed E-state index contributed by atoms with van der Waals surface area (Å²) < 4.78 is 14.8. The van der Waals surface area contributed by atoms with Gasteiger partial charge >= 0.3 is 0 Å². The predicted octanol–water partition coefficient (Wildman–Crippen LogP) is 3.86. The first-order valence-electron chi connectivity index (χ1n) is 7.91. The molecule has 126 valence electrons. The lowest BCUT2D eigenvalue weighted by Crippen LogP contribution is -2.12. The second-order valence-corrected chi connectivity index (χ2v) is 6.89. The molecule has 0 fully saturated rings. The summed E-state index contributed by atoms with van der Waals surface area (Å²) in [5.41, 5.74) is 3.00. The van der Waals surface area contributed by atoms with Gasteiger partial charge in [-0.15, -0.1) is 0 Å². The molecule has 0 amide bonds. The van der Waals surface area contributed by atoms with Crippen LogP contribution >= 0.6 is 0 Å². The maximum atomic E-state index is 13.1. The van der Waals surface area contributed by atoms with Crippen molar-refractivity contribution in [2.24, 2.45) is 7.05 Å². The standard InChI is InChI=1S/C18H22FN5/c1-18(2,3)15-10-20-17(22-15)11-21-16-9-14(24(4)23-16)12-5-7-13(19)8-6-12/h5-10H,11H2,1-4H3,(H,20,22)(H,21,23). The number of anilines is 1. The minimum atomic E-state index is -0.244. The highest BCUT2D eigenvalue weighted by molar-refractivity contribution is 5.63. The molecular weight excluding hydrogens is 305 g/mol. The average molecular weight is 327 g/mol. The van der Waals surface area contributed by atoms with Gasteiger partial charge in [-0.3, -0.25) is 4.68 Å². The Labute approximate surface area is 140 Å². The number of aryl methyl sites for hydroxylation is 1. The smallest absolute Gasteiger partial charge is 0.149 e. The van der Waals surface area contributed by atoms with Crippen molar-refractivity contribution < 1.29 is 4.39 Å². The number of benzene rings is 1. The van der Waals surface area contributed by atoms with Gasteiger partial charge in [0.25, 0.3) is 0 Å². The summed E-state index contributed by atoms with van der Waals surface area (Å²) in [7, 11) is 1.87. The Morgan fingerprint density at radius 1 is 1.21 bits per heavy atom. The van der Waals surface area contributed by atoms with E-state index in [-0.39, 0.29) is 11.2 Å². The van der Waals surface area contributed by atoms with E-state index in [0.717, 1.165) is 28.6 Å². The van der Waals surface area contributed by atoms with Gasteiger partial charge in [0, 0.05) is 36.0 Å². The van der Waals surface area contributed by atoms with E-state index in [4.69, 9.17) is 0 Å². The van der Waals surface area contributed by atoms with Gasteiger partial charge in [0.2, 0.25) is 0 Å². The summed E-state index contributed by atoms with van der Waals surface area (Å²) in [6, 6.07) is 8.34. The molecule has 0 saturated carbocycles. The second-order valence-electron chi connectivity index (χ2n) is 6.89. The molecule has 2 aromatic heterocycles. The topological polar surface area (TPSA) is 58.5 Å². The number of imidazole rings is 1. The van der Waals surface area contributed by atoms with Crippen LogP contribution in [0.1, 0.15) is 32.3 Å². The molecule has 3 rings (SSSR count). The molecule has 0 aliphatic carbocycles. The lowest BCUT2D eigenvalue weighted by atomic mass is 9.93. The molecule has 2 N–H and O–H groups in total. The summed E-state index contributed by atoms with van der Waals surface area (Å²) in [5.74, 6) is 1.38. The monoisotopic (exact) mass is 327 g/mol. The molecule has 0 spiro atoms. The molecule has 0 radical (unpaired) electrons. The highest BCUT2D eigenvalue weighted by atomic mass is 19.1. The summed E-state index contributed by atoms with van der Waals surface area (Å²) in [5, 5.41) is 7.72. The highest BCUT2D eigenvalue weighted by Gasteiger charge is 2.16. The number of halogens is 1. The minimum absolute atomic E-state index is 0.0476. The Morgan fingerprint density at radius 2 is 1.92 bits per heavy atom. The normalized spacial score (nSPS) is 11.7. The molecule has 2 heterocycles.